The van der Waals surface area contributed by atoms with Crippen molar-refractivity contribution < 1.29 is 9.59 Å². The van der Waals surface area contributed by atoms with Crippen molar-refractivity contribution in [2.45, 2.75) is 47.6 Å². The van der Waals surface area contributed by atoms with Crippen LogP contribution in [0.1, 0.15) is 41.5 Å². The topological polar surface area (TPSA) is 46.2 Å². The monoisotopic (exact) mass is 211 g/mol. The molecule has 1 saturated heterocycles. The molecule has 0 spiro atoms. The molecular formula is C12H21NO2. The largest absolute Gasteiger partial charge is 0.345 e. The van der Waals surface area contributed by atoms with Crippen molar-refractivity contribution in [3.8, 4) is 0 Å². The van der Waals surface area contributed by atoms with Crippen molar-refractivity contribution in [2.75, 3.05) is 0 Å². The average molecular weight is 211 g/mol. The molecule has 1 rings (SSSR count). The highest BCUT2D eigenvalue weighted by Gasteiger charge is 2.51. The molecule has 0 bridgehead atoms. The number of hydrogen-bond acceptors (Lipinski definition) is 2. The van der Waals surface area contributed by atoms with Crippen molar-refractivity contribution in [3.63, 3.8) is 0 Å². The van der Waals surface area contributed by atoms with Crippen LogP contribution < -0.4 is 5.32 Å². The molecule has 1 aliphatic heterocycles. The van der Waals surface area contributed by atoms with E-state index in [1.54, 1.807) is 0 Å². The minimum atomic E-state index is -0.421. The molecule has 2 unspecified atom stereocenters. The summed E-state index contributed by atoms with van der Waals surface area (Å²) in [6.45, 7) is 12.2. The van der Waals surface area contributed by atoms with Gasteiger partial charge in [0.25, 0.3) is 5.91 Å². The average Bonchev–Trinajstić information content (AvgIpc) is 2.25. The van der Waals surface area contributed by atoms with E-state index in [2.05, 4.69) is 26.1 Å². The molecule has 86 valence electrons. The highest BCUT2D eigenvalue weighted by Crippen LogP contribution is 2.39. The summed E-state index contributed by atoms with van der Waals surface area (Å²) >= 11 is 0. The van der Waals surface area contributed by atoms with Crippen LogP contribution >= 0.6 is 0 Å². The predicted molar refractivity (Wildman–Crippen MR) is 59.3 cm³/mol. The number of nitrogens with one attached hydrogen (secondary N) is 1. The third-order valence-corrected chi connectivity index (χ3v) is 2.99. The molecule has 0 aromatic heterocycles. The standard InChI is InChI=1S/C12H21NO2/c1-11(2,3)7-8(14)10(15)13-9(7)12(4,5)6/h7,9H,1-6H3,(H,13,15). The van der Waals surface area contributed by atoms with Gasteiger partial charge in [0.05, 0.1) is 5.92 Å². The minimum absolute atomic E-state index is 0.0579. The van der Waals surface area contributed by atoms with Crippen molar-refractivity contribution in [2.24, 2.45) is 16.7 Å². The second kappa shape index (κ2) is 3.32. The Morgan fingerprint density at radius 2 is 1.40 bits per heavy atom. The van der Waals surface area contributed by atoms with Gasteiger partial charge in [-0.2, -0.15) is 0 Å². The molecule has 1 N–H and O–H groups in total. The zero-order chi connectivity index (χ0) is 12.0. The SMILES string of the molecule is CC(C)(C)C1NC(=O)C(=O)C1C(C)(C)C. The van der Waals surface area contributed by atoms with Gasteiger partial charge in [0.2, 0.25) is 5.78 Å². The lowest BCUT2D eigenvalue weighted by Gasteiger charge is -2.37. The first-order valence-corrected chi connectivity index (χ1v) is 5.40. The highest BCUT2D eigenvalue weighted by molar-refractivity contribution is 6.39. The molecule has 0 aliphatic carbocycles. The molecule has 15 heavy (non-hydrogen) atoms. The Bertz CT molecular complexity index is 294. The van der Waals surface area contributed by atoms with Crippen LogP contribution in [0.25, 0.3) is 0 Å². The first kappa shape index (κ1) is 12.2. The van der Waals surface area contributed by atoms with Gasteiger partial charge in [-0.15, -0.1) is 0 Å². The number of rotatable bonds is 0. The smallest absolute Gasteiger partial charge is 0.288 e. The van der Waals surface area contributed by atoms with Crippen LogP contribution in [0.15, 0.2) is 0 Å². The molecule has 3 heteroatoms. The fourth-order valence-corrected chi connectivity index (χ4v) is 2.20. The van der Waals surface area contributed by atoms with Gasteiger partial charge in [-0.25, -0.2) is 0 Å². The van der Waals surface area contributed by atoms with E-state index in [0.717, 1.165) is 0 Å². The van der Waals surface area contributed by atoms with Crippen molar-refractivity contribution in [1.29, 1.82) is 0 Å². The summed E-state index contributed by atoms with van der Waals surface area (Å²) < 4.78 is 0. The number of carbonyl (C=O) groups is 2. The summed E-state index contributed by atoms with van der Waals surface area (Å²) in [5, 5.41) is 2.81. The van der Waals surface area contributed by atoms with Crippen LogP contribution in [-0.2, 0) is 9.59 Å². The van der Waals surface area contributed by atoms with Gasteiger partial charge in [-0.05, 0) is 10.8 Å². The Kier molecular flexibility index (Phi) is 2.71. The molecule has 0 aromatic rings. The quantitative estimate of drug-likeness (QED) is 0.621. The van der Waals surface area contributed by atoms with E-state index >= 15 is 0 Å². The van der Waals surface area contributed by atoms with Crippen LogP contribution in [0.4, 0.5) is 0 Å². The van der Waals surface area contributed by atoms with E-state index in [4.69, 9.17) is 0 Å². The second-order valence-corrected chi connectivity index (χ2v) is 6.53. The van der Waals surface area contributed by atoms with E-state index in [9.17, 15) is 9.59 Å². The van der Waals surface area contributed by atoms with Gasteiger partial charge in [0.15, 0.2) is 0 Å². The summed E-state index contributed by atoms with van der Waals surface area (Å²) in [6, 6.07) is -0.0579. The number of ketones is 1. The van der Waals surface area contributed by atoms with E-state index in [1.807, 2.05) is 20.8 Å². The lowest BCUT2D eigenvalue weighted by Crippen LogP contribution is -2.45. The molecule has 1 fully saturated rings. The normalized spacial score (nSPS) is 28.1. The fourth-order valence-electron chi connectivity index (χ4n) is 2.20. The molecule has 1 amide bonds. The zero-order valence-electron chi connectivity index (χ0n) is 10.5. The lowest BCUT2D eigenvalue weighted by molar-refractivity contribution is -0.137. The zero-order valence-corrected chi connectivity index (χ0v) is 10.5. The first-order chi connectivity index (χ1) is 6.55. The van der Waals surface area contributed by atoms with E-state index < -0.39 is 5.91 Å². The fraction of sp³-hybridized carbons (Fsp3) is 0.833. The van der Waals surface area contributed by atoms with Crippen LogP contribution in [0.5, 0.6) is 0 Å². The summed E-state index contributed by atoms with van der Waals surface area (Å²) in [6.07, 6.45) is 0. The number of Topliss-reactive ketones (excluding diaryl/α,β-unsaturated/α-hetero) is 1. The molecule has 2 atom stereocenters. The Hall–Kier alpha value is -0.860. The van der Waals surface area contributed by atoms with Crippen LogP contribution in [0.2, 0.25) is 0 Å². The maximum absolute atomic E-state index is 11.8. The molecular weight excluding hydrogens is 190 g/mol. The van der Waals surface area contributed by atoms with Crippen LogP contribution in [-0.4, -0.2) is 17.7 Å². The molecule has 0 saturated carbocycles. The van der Waals surface area contributed by atoms with Crippen LogP contribution in [0.3, 0.4) is 0 Å². The lowest BCUT2D eigenvalue weighted by atomic mass is 9.68. The Morgan fingerprint density at radius 1 is 0.933 bits per heavy atom. The number of amides is 1. The van der Waals surface area contributed by atoms with Gasteiger partial charge in [0.1, 0.15) is 0 Å². The third-order valence-electron chi connectivity index (χ3n) is 2.99. The molecule has 0 aromatic carbocycles. The van der Waals surface area contributed by atoms with Crippen molar-refractivity contribution >= 4 is 11.7 Å². The van der Waals surface area contributed by atoms with Crippen molar-refractivity contribution in [3.05, 3.63) is 0 Å². The summed E-state index contributed by atoms with van der Waals surface area (Å²) in [5.41, 5.74) is -0.256. The van der Waals surface area contributed by atoms with E-state index in [-0.39, 0.29) is 28.6 Å². The summed E-state index contributed by atoms with van der Waals surface area (Å²) in [4.78, 5) is 23.2. The molecule has 3 nitrogen and oxygen atoms in total. The van der Waals surface area contributed by atoms with Gasteiger partial charge >= 0.3 is 0 Å². The predicted octanol–water partition coefficient (Wildman–Crippen LogP) is 1.76. The Morgan fingerprint density at radius 3 is 1.67 bits per heavy atom. The molecule has 0 radical (unpaired) electrons. The number of hydrogen-bond donors (Lipinski definition) is 1. The minimum Gasteiger partial charge on any atom is -0.345 e. The van der Waals surface area contributed by atoms with Gasteiger partial charge < -0.3 is 5.32 Å². The van der Waals surface area contributed by atoms with Crippen molar-refractivity contribution in [1.82, 2.24) is 5.32 Å². The van der Waals surface area contributed by atoms with Gasteiger partial charge in [-0.1, -0.05) is 41.5 Å². The Labute approximate surface area is 91.6 Å². The highest BCUT2D eigenvalue weighted by atomic mass is 16.2. The summed E-state index contributed by atoms with van der Waals surface area (Å²) in [5.74, 6) is -0.901. The second-order valence-electron chi connectivity index (χ2n) is 6.53. The third kappa shape index (κ3) is 2.21. The number of carbonyl (C=O) groups excluding carboxylic acids is 2. The summed E-state index contributed by atoms with van der Waals surface area (Å²) in [7, 11) is 0. The first-order valence-electron chi connectivity index (χ1n) is 5.40. The maximum Gasteiger partial charge on any atom is 0.288 e. The van der Waals surface area contributed by atoms with E-state index in [0.29, 0.717) is 0 Å². The maximum atomic E-state index is 11.8. The Balaban J connectivity index is 3.09. The van der Waals surface area contributed by atoms with Crippen LogP contribution in [0, 0.1) is 16.7 Å². The van der Waals surface area contributed by atoms with Gasteiger partial charge in [0, 0.05) is 6.04 Å². The molecule has 1 heterocycles. The molecule has 1 aliphatic rings. The van der Waals surface area contributed by atoms with E-state index in [1.165, 1.54) is 0 Å². The van der Waals surface area contributed by atoms with Gasteiger partial charge in [-0.3, -0.25) is 9.59 Å².